The first-order valence-electron chi connectivity index (χ1n) is 8.99. The van der Waals surface area contributed by atoms with Crippen molar-refractivity contribution in [3.8, 4) is 0 Å². The molecule has 12 heteroatoms. The molecule has 0 spiro atoms. The Morgan fingerprint density at radius 1 is 1.17 bits per heavy atom. The molecule has 160 valence electrons. The van der Waals surface area contributed by atoms with Crippen LogP contribution in [-0.4, -0.2) is 52.1 Å². The molecular weight excluding hydrogens is 469 g/mol. The van der Waals surface area contributed by atoms with Gasteiger partial charge in [0, 0.05) is 25.0 Å². The van der Waals surface area contributed by atoms with Gasteiger partial charge in [-0.1, -0.05) is 48.8 Å². The number of nitrogens with one attached hydrogen (secondary N) is 1. The number of aromatic nitrogens is 3. The molecule has 1 aromatic carbocycles. The maximum Gasteiger partial charge on any atom is 0.243 e. The number of carbonyl (C=O) groups excluding carboxylic acids is 1. The average molecular weight is 488 g/mol. The molecule has 30 heavy (non-hydrogen) atoms. The highest BCUT2D eigenvalue weighted by atomic mass is 35.5. The van der Waals surface area contributed by atoms with Gasteiger partial charge in [0.25, 0.3) is 0 Å². The summed E-state index contributed by atoms with van der Waals surface area (Å²) >= 11 is 13.3. The van der Waals surface area contributed by atoms with Crippen LogP contribution in [0.4, 0.5) is 5.69 Å². The topological polar surface area (TPSA) is 96.7 Å². The molecular formula is C18H19Cl2N5O3S2. The molecule has 2 aromatic heterocycles. The van der Waals surface area contributed by atoms with E-state index in [-0.39, 0.29) is 16.6 Å². The van der Waals surface area contributed by atoms with E-state index in [2.05, 4.69) is 15.5 Å². The smallest absolute Gasteiger partial charge is 0.243 e. The van der Waals surface area contributed by atoms with Crippen molar-refractivity contribution >= 4 is 62.2 Å². The van der Waals surface area contributed by atoms with Crippen LogP contribution in [0.3, 0.4) is 0 Å². The highest BCUT2D eigenvalue weighted by Gasteiger charge is 2.21. The van der Waals surface area contributed by atoms with E-state index in [1.165, 1.54) is 28.2 Å². The molecule has 2 heterocycles. The van der Waals surface area contributed by atoms with Crippen molar-refractivity contribution in [3.05, 3.63) is 46.6 Å². The summed E-state index contributed by atoms with van der Waals surface area (Å²) in [6, 6.07) is 7.65. The Kier molecular flexibility index (Phi) is 7.25. The number of sulfonamides is 1. The summed E-state index contributed by atoms with van der Waals surface area (Å²) in [5.41, 5.74) is 0.949. The minimum atomic E-state index is -3.54. The number of hydrogen-bond donors (Lipinski definition) is 1. The number of nitrogens with zero attached hydrogens (tertiary/aromatic N) is 4. The molecule has 3 aromatic rings. The van der Waals surface area contributed by atoms with Crippen molar-refractivity contribution in [2.75, 3.05) is 24.2 Å². The second-order valence-corrected chi connectivity index (χ2v) is 9.86. The molecule has 0 aliphatic carbocycles. The van der Waals surface area contributed by atoms with Gasteiger partial charge in [-0.3, -0.25) is 9.20 Å². The van der Waals surface area contributed by atoms with Gasteiger partial charge >= 0.3 is 0 Å². The number of hydrogen-bond acceptors (Lipinski definition) is 6. The first kappa shape index (κ1) is 22.8. The first-order valence-corrected chi connectivity index (χ1v) is 12.2. The minimum Gasteiger partial charge on any atom is -0.325 e. The van der Waals surface area contributed by atoms with Gasteiger partial charge < -0.3 is 5.32 Å². The predicted octanol–water partition coefficient (Wildman–Crippen LogP) is 3.80. The molecule has 8 nitrogen and oxygen atoms in total. The Labute approximate surface area is 188 Å². The van der Waals surface area contributed by atoms with Gasteiger partial charge in [0.15, 0.2) is 10.8 Å². The van der Waals surface area contributed by atoms with Gasteiger partial charge in [-0.05, 0) is 30.3 Å². The second kappa shape index (κ2) is 9.52. The zero-order valence-corrected chi connectivity index (χ0v) is 19.3. The Bertz CT molecular complexity index is 1160. The third kappa shape index (κ3) is 4.89. The van der Waals surface area contributed by atoms with Crippen LogP contribution >= 0.6 is 35.0 Å². The van der Waals surface area contributed by atoms with E-state index in [0.717, 1.165) is 0 Å². The van der Waals surface area contributed by atoms with Crippen molar-refractivity contribution in [1.29, 1.82) is 0 Å². The number of rotatable bonds is 8. The van der Waals surface area contributed by atoms with Gasteiger partial charge in [0.05, 0.1) is 20.7 Å². The number of halogens is 2. The molecule has 1 amide bonds. The van der Waals surface area contributed by atoms with Crippen LogP contribution in [0.25, 0.3) is 5.65 Å². The molecule has 0 bridgehead atoms. The summed E-state index contributed by atoms with van der Waals surface area (Å²) in [4.78, 5) is 12.5. The largest absolute Gasteiger partial charge is 0.325 e. The van der Waals surface area contributed by atoms with E-state index in [1.807, 2.05) is 0 Å². The number of benzene rings is 1. The van der Waals surface area contributed by atoms with Crippen LogP contribution in [0, 0.1) is 0 Å². The normalized spacial score (nSPS) is 11.9. The lowest BCUT2D eigenvalue weighted by Crippen LogP contribution is -2.30. The summed E-state index contributed by atoms with van der Waals surface area (Å²) in [5.74, 6) is -0.200. The average Bonchev–Trinajstić information content (AvgIpc) is 3.10. The molecule has 0 fully saturated rings. The number of pyridine rings is 1. The maximum atomic E-state index is 12.5. The Balaban J connectivity index is 1.65. The van der Waals surface area contributed by atoms with Crippen LogP contribution in [0.2, 0.25) is 10.0 Å². The lowest BCUT2D eigenvalue weighted by atomic mass is 10.3. The van der Waals surface area contributed by atoms with Gasteiger partial charge in [-0.15, -0.1) is 10.2 Å². The molecule has 0 atom stereocenters. The number of thioether (sulfide) groups is 1. The Hall–Kier alpha value is -1.85. The Morgan fingerprint density at radius 3 is 2.47 bits per heavy atom. The van der Waals surface area contributed by atoms with Crippen molar-refractivity contribution < 1.29 is 13.2 Å². The van der Waals surface area contributed by atoms with Crippen LogP contribution in [0.5, 0.6) is 0 Å². The molecule has 0 aliphatic rings. The summed E-state index contributed by atoms with van der Waals surface area (Å²) in [7, 11) is -3.54. The van der Waals surface area contributed by atoms with E-state index in [0.29, 0.717) is 39.6 Å². The number of anilines is 1. The number of amides is 1. The quantitative estimate of drug-likeness (QED) is 0.485. The molecule has 0 unspecified atom stereocenters. The maximum absolute atomic E-state index is 12.5. The fourth-order valence-electron chi connectivity index (χ4n) is 2.75. The van der Waals surface area contributed by atoms with Crippen LogP contribution in [0.1, 0.15) is 13.8 Å². The first-order chi connectivity index (χ1) is 14.3. The van der Waals surface area contributed by atoms with E-state index in [1.54, 1.807) is 42.6 Å². The van der Waals surface area contributed by atoms with Gasteiger partial charge in [-0.2, -0.15) is 4.31 Å². The summed E-state index contributed by atoms with van der Waals surface area (Å²) in [6.45, 7) is 4.35. The van der Waals surface area contributed by atoms with E-state index >= 15 is 0 Å². The number of fused-ring (bicyclic) bond motifs is 1. The van der Waals surface area contributed by atoms with Crippen LogP contribution < -0.4 is 5.32 Å². The molecule has 0 aliphatic heterocycles. The predicted molar refractivity (Wildman–Crippen MR) is 119 cm³/mol. The summed E-state index contributed by atoms with van der Waals surface area (Å²) in [5, 5.41) is 12.0. The molecule has 0 radical (unpaired) electrons. The van der Waals surface area contributed by atoms with Crippen LogP contribution in [0.15, 0.2) is 46.6 Å². The van der Waals surface area contributed by atoms with Gasteiger partial charge in [0.1, 0.15) is 0 Å². The zero-order valence-electron chi connectivity index (χ0n) is 16.2. The van der Waals surface area contributed by atoms with Crippen LogP contribution in [-0.2, 0) is 14.8 Å². The third-order valence-electron chi connectivity index (χ3n) is 4.21. The summed E-state index contributed by atoms with van der Waals surface area (Å²) < 4.78 is 28.0. The number of carbonyl (C=O) groups is 1. The Morgan fingerprint density at radius 2 is 1.83 bits per heavy atom. The van der Waals surface area contributed by atoms with Gasteiger partial charge in [-0.25, -0.2) is 8.42 Å². The highest BCUT2D eigenvalue weighted by molar-refractivity contribution is 7.99. The minimum absolute atomic E-state index is 0.0738. The molecule has 3 rings (SSSR count). The van der Waals surface area contributed by atoms with Crippen molar-refractivity contribution in [1.82, 2.24) is 18.9 Å². The SMILES string of the molecule is CCN(CC)S(=O)(=O)c1ccc(NC(=O)CSc2nnc3c(Cl)cc(Cl)cn23)cc1. The van der Waals surface area contributed by atoms with E-state index < -0.39 is 10.0 Å². The van der Waals surface area contributed by atoms with Gasteiger partial charge in [0.2, 0.25) is 15.9 Å². The third-order valence-corrected chi connectivity index (χ3v) is 7.70. The standard InChI is InChI=1S/C18H19Cl2N5O3S2/c1-3-24(4-2)30(27,28)14-7-5-13(6-8-14)21-16(26)11-29-18-23-22-17-15(20)9-12(19)10-25(17)18/h5-10H,3-4,11H2,1-2H3,(H,21,26). The van der Waals surface area contributed by atoms with Crippen molar-refractivity contribution in [3.63, 3.8) is 0 Å². The lowest BCUT2D eigenvalue weighted by Gasteiger charge is -2.18. The zero-order chi connectivity index (χ0) is 21.9. The second-order valence-electron chi connectivity index (χ2n) is 6.13. The fourth-order valence-corrected chi connectivity index (χ4v) is 5.43. The van der Waals surface area contributed by atoms with Crippen molar-refractivity contribution in [2.45, 2.75) is 23.9 Å². The monoisotopic (exact) mass is 487 g/mol. The molecule has 1 N–H and O–H groups in total. The molecule has 0 saturated carbocycles. The van der Waals surface area contributed by atoms with E-state index in [9.17, 15) is 13.2 Å². The van der Waals surface area contributed by atoms with E-state index in [4.69, 9.17) is 23.2 Å². The van der Waals surface area contributed by atoms with Crippen molar-refractivity contribution in [2.24, 2.45) is 0 Å². The highest BCUT2D eigenvalue weighted by Crippen LogP contribution is 2.25. The fraction of sp³-hybridized carbons (Fsp3) is 0.278. The lowest BCUT2D eigenvalue weighted by molar-refractivity contribution is -0.113. The molecule has 0 saturated heterocycles. The summed E-state index contributed by atoms with van der Waals surface area (Å²) in [6.07, 6.45) is 1.62.